The number of imidazole rings is 1. The molecule has 0 amide bonds. The van der Waals surface area contributed by atoms with E-state index in [1.54, 1.807) is 0 Å². The Morgan fingerprint density at radius 1 is 1.37 bits per heavy atom. The van der Waals surface area contributed by atoms with E-state index in [-0.39, 0.29) is 5.92 Å². The van der Waals surface area contributed by atoms with E-state index in [4.69, 9.17) is 5.11 Å². The summed E-state index contributed by atoms with van der Waals surface area (Å²) in [6.45, 7) is 0.491. The van der Waals surface area contributed by atoms with Gasteiger partial charge in [-0.3, -0.25) is 4.79 Å². The normalized spacial score (nSPS) is 18.1. The van der Waals surface area contributed by atoms with E-state index in [0.717, 1.165) is 23.4 Å². The van der Waals surface area contributed by atoms with Gasteiger partial charge in [-0.05, 0) is 28.8 Å². The zero-order valence-corrected chi connectivity index (χ0v) is 11.8. The van der Waals surface area contributed by atoms with Gasteiger partial charge in [-0.1, -0.05) is 30.3 Å². The topological polar surface area (TPSA) is 55.1 Å². The molecule has 1 unspecified atom stereocenters. The number of carboxylic acid groups (broad SMARTS) is 1. The first-order chi connectivity index (χ1) is 9.16. The van der Waals surface area contributed by atoms with Gasteiger partial charge >= 0.3 is 5.97 Å². The molecule has 0 spiro atoms. The van der Waals surface area contributed by atoms with E-state index in [2.05, 4.69) is 20.9 Å². The zero-order chi connectivity index (χ0) is 13.4. The molecule has 0 bridgehead atoms. The highest BCUT2D eigenvalue weighted by Crippen LogP contribution is 2.32. The molecule has 1 aliphatic heterocycles. The Hall–Kier alpha value is -1.62. The van der Waals surface area contributed by atoms with Gasteiger partial charge in [0.15, 0.2) is 4.73 Å². The van der Waals surface area contributed by atoms with Crippen LogP contribution in [-0.2, 0) is 17.8 Å². The maximum atomic E-state index is 11.1. The van der Waals surface area contributed by atoms with Gasteiger partial charge in [-0.2, -0.15) is 0 Å². The maximum absolute atomic E-state index is 11.1. The van der Waals surface area contributed by atoms with E-state index in [9.17, 15) is 4.79 Å². The number of carbonyl (C=O) groups is 1. The minimum absolute atomic E-state index is 0.318. The fourth-order valence-electron chi connectivity index (χ4n) is 2.55. The minimum atomic E-state index is -0.729. The summed E-state index contributed by atoms with van der Waals surface area (Å²) in [5, 5.41) is 9.13. The van der Waals surface area contributed by atoms with Crippen LogP contribution in [0.5, 0.6) is 0 Å². The largest absolute Gasteiger partial charge is 0.481 e. The third-order valence-corrected chi connectivity index (χ3v) is 4.16. The molecule has 0 saturated carbocycles. The van der Waals surface area contributed by atoms with Crippen molar-refractivity contribution in [1.29, 1.82) is 0 Å². The van der Waals surface area contributed by atoms with E-state index >= 15 is 0 Å². The van der Waals surface area contributed by atoms with Crippen molar-refractivity contribution < 1.29 is 9.90 Å². The lowest BCUT2D eigenvalue weighted by atomic mass is 9.96. The van der Waals surface area contributed by atoms with Crippen LogP contribution < -0.4 is 0 Å². The molecule has 0 aliphatic carbocycles. The second kappa shape index (κ2) is 4.81. The molecular formula is C14H13BrN2O2. The number of hydrogen-bond donors (Lipinski definition) is 1. The molecule has 1 atom stereocenters. The van der Waals surface area contributed by atoms with Gasteiger partial charge in [0.25, 0.3) is 0 Å². The molecule has 2 aromatic rings. The summed E-state index contributed by atoms with van der Waals surface area (Å²) in [6.07, 6.45) is 1.42. The second-order valence-corrected chi connectivity index (χ2v) is 5.44. The van der Waals surface area contributed by atoms with E-state index in [1.165, 1.54) is 0 Å². The van der Waals surface area contributed by atoms with Gasteiger partial charge in [0.2, 0.25) is 0 Å². The molecule has 3 rings (SSSR count). The van der Waals surface area contributed by atoms with E-state index < -0.39 is 5.97 Å². The van der Waals surface area contributed by atoms with Crippen LogP contribution in [0, 0.1) is 5.92 Å². The third kappa shape index (κ3) is 2.18. The first-order valence-corrected chi connectivity index (χ1v) is 6.99. The molecule has 4 nitrogen and oxygen atoms in total. The number of carboxylic acids is 1. The second-order valence-electron chi connectivity index (χ2n) is 4.73. The summed E-state index contributed by atoms with van der Waals surface area (Å²) in [6, 6.07) is 10.00. The van der Waals surface area contributed by atoms with Crippen LogP contribution in [0.2, 0.25) is 0 Å². The highest BCUT2D eigenvalue weighted by molar-refractivity contribution is 9.10. The fraction of sp³-hybridized carbons (Fsp3) is 0.286. The van der Waals surface area contributed by atoms with E-state index in [1.807, 2.05) is 34.9 Å². The summed E-state index contributed by atoms with van der Waals surface area (Å²) in [5.74, 6) is -1.05. The Morgan fingerprint density at radius 2 is 2.11 bits per heavy atom. The fourth-order valence-corrected chi connectivity index (χ4v) is 3.08. The first kappa shape index (κ1) is 12.4. The molecule has 0 fully saturated rings. The van der Waals surface area contributed by atoms with Gasteiger partial charge < -0.3 is 9.67 Å². The number of aromatic nitrogens is 2. The number of fused-ring (bicyclic) bond motifs is 1. The summed E-state index contributed by atoms with van der Waals surface area (Å²) < 4.78 is 2.69. The van der Waals surface area contributed by atoms with Crippen molar-refractivity contribution in [2.24, 2.45) is 5.92 Å². The Kier molecular flexibility index (Phi) is 3.14. The molecule has 19 heavy (non-hydrogen) atoms. The number of rotatable bonds is 2. The van der Waals surface area contributed by atoms with Crippen molar-refractivity contribution in [3.05, 3.63) is 40.8 Å². The molecule has 98 valence electrons. The van der Waals surface area contributed by atoms with Crippen molar-refractivity contribution in [2.75, 3.05) is 0 Å². The SMILES string of the molecule is O=C(O)C1CCc2c(-c3ccccc3)nc(Br)n2C1. The van der Waals surface area contributed by atoms with Crippen LogP contribution in [0.25, 0.3) is 11.3 Å². The van der Waals surface area contributed by atoms with Gasteiger partial charge in [0.05, 0.1) is 11.6 Å². The lowest BCUT2D eigenvalue weighted by Gasteiger charge is -2.22. The Bertz CT molecular complexity index is 622. The van der Waals surface area contributed by atoms with Crippen molar-refractivity contribution in [1.82, 2.24) is 9.55 Å². The summed E-state index contributed by atoms with van der Waals surface area (Å²) >= 11 is 3.44. The van der Waals surface area contributed by atoms with Crippen molar-refractivity contribution in [2.45, 2.75) is 19.4 Å². The summed E-state index contributed by atoms with van der Waals surface area (Å²) in [5.41, 5.74) is 3.15. The Morgan fingerprint density at radius 3 is 2.79 bits per heavy atom. The number of nitrogens with zero attached hydrogens (tertiary/aromatic N) is 2. The minimum Gasteiger partial charge on any atom is -0.481 e. The molecule has 1 N–H and O–H groups in total. The number of aliphatic carboxylic acids is 1. The zero-order valence-electron chi connectivity index (χ0n) is 10.2. The number of hydrogen-bond acceptors (Lipinski definition) is 2. The van der Waals surface area contributed by atoms with Gasteiger partial charge in [-0.15, -0.1) is 0 Å². The van der Waals surface area contributed by atoms with Gasteiger partial charge in [-0.25, -0.2) is 4.98 Å². The molecule has 2 heterocycles. The maximum Gasteiger partial charge on any atom is 0.308 e. The monoisotopic (exact) mass is 320 g/mol. The molecule has 1 aromatic heterocycles. The third-order valence-electron chi connectivity index (χ3n) is 3.55. The number of halogens is 1. The van der Waals surface area contributed by atoms with Gasteiger partial charge in [0, 0.05) is 17.8 Å². The first-order valence-electron chi connectivity index (χ1n) is 6.20. The van der Waals surface area contributed by atoms with Gasteiger partial charge in [0.1, 0.15) is 0 Å². The van der Waals surface area contributed by atoms with Crippen molar-refractivity contribution in [3.8, 4) is 11.3 Å². The molecule has 1 aromatic carbocycles. The van der Waals surface area contributed by atoms with Crippen molar-refractivity contribution in [3.63, 3.8) is 0 Å². The Balaban J connectivity index is 2.03. The van der Waals surface area contributed by atoms with Crippen LogP contribution in [0.4, 0.5) is 0 Å². The average Bonchev–Trinajstić information content (AvgIpc) is 2.77. The average molecular weight is 321 g/mol. The molecular weight excluding hydrogens is 308 g/mol. The molecule has 0 saturated heterocycles. The molecule has 1 aliphatic rings. The molecule has 5 heteroatoms. The summed E-state index contributed by atoms with van der Waals surface area (Å²) in [7, 11) is 0. The standard InChI is InChI=1S/C14H13BrN2O2/c15-14-16-12(9-4-2-1-3-5-9)11-7-6-10(13(18)19)8-17(11)14/h1-5,10H,6-8H2,(H,18,19). The predicted molar refractivity (Wildman–Crippen MR) is 74.8 cm³/mol. The van der Waals surface area contributed by atoms with E-state index in [0.29, 0.717) is 17.7 Å². The lowest BCUT2D eigenvalue weighted by molar-refractivity contribution is -0.142. The highest BCUT2D eigenvalue weighted by Gasteiger charge is 2.28. The van der Waals surface area contributed by atoms with Crippen LogP contribution >= 0.6 is 15.9 Å². The predicted octanol–water partition coefficient (Wildman–Crippen LogP) is 2.96. The quantitative estimate of drug-likeness (QED) is 0.925. The van der Waals surface area contributed by atoms with Crippen LogP contribution in [0.1, 0.15) is 12.1 Å². The number of benzene rings is 1. The molecule has 0 radical (unpaired) electrons. The Labute approximate surface area is 119 Å². The highest BCUT2D eigenvalue weighted by atomic mass is 79.9. The smallest absolute Gasteiger partial charge is 0.308 e. The van der Waals surface area contributed by atoms with Crippen molar-refractivity contribution >= 4 is 21.9 Å². The van der Waals surface area contributed by atoms with Crippen LogP contribution in [0.15, 0.2) is 35.1 Å². The van der Waals surface area contributed by atoms with Crippen LogP contribution in [0.3, 0.4) is 0 Å². The van der Waals surface area contributed by atoms with Crippen LogP contribution in [-0.4, -0.2) is 20.6 Å². The summed E-state index contributed by atoms with van der Waals surface area (Å²) in [4.78, 5) is 15.6. The lowest BCUT2D eigenvalue weighted by Crippen LogP contribution is -2.26.